The molecule has 0 amide bonds. The number of rotatable bonds is 2. The summed E-state index contributed by atoms with van der Waals surface area (Å²) in [7, 11) is 0. The number of halogens is 2. The molecular formula is C10H6Cl2N2O. The molecule has 15 heavy (non-hydrogen) atoms. The van der Waals surface area contributed by atoms with Gasteiger partial charge in [-0.2, -0.15) is 0 Å². The number of aromatic amines is 1. The Balaban J connectivity index is 2.42. The smallest absolute Gasteiger partial charge is 0.197 e. The average Bonchev–Trinajstić information content (AvgIpc) is 2.69. The summed E-state index contributed by atoms with van der Waals surface area (Å²) in [6.07, 6.45) is 3.28. The predicted octanol–water partition coefficient (Wildman–Crippen LogP) is 2.95. The molecule has 0 spiro atoms. The number of carbonyl (C=O) groups is 1. The van der Waals surface area contributed by atoms with E-state index in [1.165, 1.54) is 6.07 Å². The second-order valence-electron chi connectivity index (χ2n) is 2.90. The van der Waals surface area contributed by atoms with Crippen LogP contribution >= 0.6 is 23.2 Å². The van der Waals surface area contributed by atoms with Gasteiger partial charge in [0.1, 0.15) is 10.3 Å². The highest BCUT2D eigenvalue weighted by molar-refractivity contribution is 6.35. The molecule has 0 bridgehead atoms. The van der Waals surface area contributed by atoms with Crippen LogP contribution in [0, 0.1) is 0 Å². The minimum absolute atomic E-state index is 0.119. The van der Waals surface area contributed by atoms with Crippen molar-refractivity contribution in [1.29, 1.82) is 0 Å². The van der Waals surface area contributed by atoms with Crippen LogP contribution in [0.3, 0.4) is 0 Å². The zero-order valence-corrected chi connectivity index (χ0v) is 9.01. The molecule has 0 atom stereocenters. The number of ketones is 1. The Bertz CT molecular complexity index is 494. The van der Waals surface area contributed by atoms with Crippen LogP contribution in [0.2, 0.25) is 10.3 Å². The minimum Gasteiger partial charge on any atom is -0.367 e. The van der Waals surface area contributed by atoms with Gasteiger partial charge in [-0.3, -0.25) is 4.79 Å². The molecule has 0 fully saturated rings. The van der Waals surface area contributed by atoms with Crippen molar-refractivity contribution in [2.75, 3.05) is 0 Å². The van der Waals surface area contributed by atoms with E-state index in [0.29, 0.717) is 11.1 Å². The van der Waals surface area contributed by atoms with Crippen molar-refractivity contribution in [1.82, 2.24) is 9.97 Å². The Morgan fingerprint density at radius 2 is 2.07 bits per heavy atom. The van der Waals surface area contributed by atoms with Crippen LogP contribution in [0.15, 0.2) is 30.6 Å². The summed E-state index contributed by atoms with van der Waals surface area (Å²) < 4.78 is 0. The summed E-state index contributed by atoms with van der Waals surface area (Å²) in [5, 5.41) is 0.388. The first-order valence-corrected chi connectivity index (χ1v) is 4.93. The molecule has 2 aromatic heterocycles. The van der Waals surface area contributed by atoms with Crippen molar-refractivity contribution in [3.8, 4) is 0 Å². The maximum Gasteiger partial charge on any atom is 0.197 e. The van der Waals surface area contributed by atoms with E-state index in [9.17, 15) is 4.79 Å². The Labute approximate surface area is 96.1 Å². The molecule has 0 radical (unpaired) electrons. The van der Waals surface area contributed by atoms with E-state index in [4.69, 9.17) is 23.2 Å². The first-order chi connectivity index (χ1) is 7.18. The van der Waals surface area contributed by atoms with Gasteiger partial charge in [-0.15, -0.1) is 0 Å². The minimum atomic E-state index is -0.176. The summed E-state index contributed by atoms with van der Waals surface area (Å²) in [5.74, 6) is -0.176. The number of aromatic nitrogens is 2. The first-order valence-electron chi connectivity index (χ1n) is 4.18. The fraction of sp³-hybridized carbons (Fsp3) is 0. The molecule has 0 aliphatic rings. The Kier molecular flexibility index (Phi) is 2.75. The molecule has 76 valence electrons. The molecule has 2 heterocycles. The van der Waals surface area contributed by atoms with Crippen molar-refractivity contribution >= 4 is 29.0 Å². The summed E-state index contributed by atoms with van der Waals surface area (Å²) in [5.41, 5.74) is 0.890. The van der Waals surface area contributed by atoms with Crippen molar-refractivity contribution in [2.45, 2.75) is 0 Å². The third kappa shape index (κ3) is 2.03. The zero-order valence-electron chi connectivity index (χ0n) is 7.50. The molecule has 0 saturated heterocycles. The topological polar surface area (TPSA) is 45.8 Å². The van der Waals surface area contributed by atoms with Crippen molar-refractivity contribution in [3.05, 3.63) is 52.0 Å². The van der Waals surface area contributed by atoms with E-state index in [1.807, 2.05) is 0 Å². The van der Waals surface area contributed by atoms with Crippen LogP contribution in [0.5, 0.6) is 0 Å². The van der Waals surface area contributed by atoms with Gasteiger partial charge >= 0.3 is 0 Å². The van der Waals surface area contributed by atoms with E-state index in [1.54, 1.807) is 24.5 Å². The number of hydrogen-bond donors (Lipinski definition) is 1. The van der Waals surface area contributed by atoms with Gasteiger partial charge in [0.2, 0.25) is 0 Å². The molecule has 5 heteroatoms. The third-order valence-corrected chi connectivity index (χ3v) is 2.42. The van der Waals surface area contributed by atoms with Gasteiger partial charge in [-0.05, 0) is 18.2 Å². The molecule has 0 saturated carbocycles. The summed E-state index contributed by atoms with van der Waals surface area (Å²) in [6.45, 7) is 0. The van der Waals surface area contributed by atoms with Crippen molar-refractivity contribution in [2.24, 2.45) is 0 Å². The highest BCUT2D eigenvalue weighted by atomic mass is 35.5. The molecule has 2 aromatic rings. The van der Waals surface area contributed by atoms with E-state index >= 15 is 0 Å². The second kappa shape index (κ2) is 4.04. The first kappa shape index (κ1) is 10.2. The van der Waals surface area contributed by atoms with E-state index in [-0.39, 0.29) is 16.1 Å². The van der Waals surface area contributed by atoms with Gasteiger partial charge in [0, 0.05) is 18.0 Å². The van der Waals surface area contributed by atoms with Gasteiger partial charge < -0.3 is 4.98 Å². The SMILES string of the molecule is O=C(c1cc[nH]c1)c1ccc(Cl)nc1Cl. The van der Waals surface area contributed by atoms with Crippen LogP contribution in [-0.2, 0) is 0 Å². The molecule has 2 rings (SSSR count). The number of H-pyrrole nitrogens is 1. The average molecular weight is 241 g/mol. The highest BCUT2D eigenvalue weighted by Crippen LogP contribution is 2.19. The number of pyridine rings is 1. The van der Waals surface area contributed by atoms with Crippen molar-refractivity contribution in [3.63, 3.8) is 0 Å². The van der Waals surface area contributed by atoms with Crippen LogP contribution in [0.4, 0.5) is 0 Å². The Morgan fingerprint density at radius 3 is 2.67 bits per heavy atom. The monoisotopic (exact) mass is 240 g/mol. The number of nitrogens with one attached hydrogen (secondary N) is 1. The third-order valence-electron chi connectivity index (χ3n) is 1.92. The van der Waals surface area contributed by atoms with Crippen LogP contribution in [0.25, 0.3) is 0 Å². The molecule has 0 aliphatic heterocycles. The molecule has 1 N–H and O–H groups in total. The van der Waals surface area contributed by atoms with Crippen LogP contribution < -0.4 is 0 Å². The molecule has 0 aromatic carbocycles. The van der Waals surface area contributed by atoms with E-state index < -0.39 is 0 Å². The number of carbonyl (C=O) groups excluding carboxylic acids is 1. The highest BCUT2D eigenvalue weighted by Gasteiger charge is 2.14. The normalized spacial score (nSPS) is 10.3. The fourth-order valence-corrected chi connectivity index (χ4v) is 1.63. The zero-order chi connectivity index (χ0) is 10.8. The van der Waals surface area contributed by atoms with Gasteiger partial charge in [-0.1, -0.05) is 23.2 Å². The maximum atomic E-state index is 11.9. The van der Waals surface area contributed by atoms with E-state index in [0.717, 1.165) is 0 Å². The lowest BCUT2D eigenvalue weighted by Crippen LogP contribution is -2.01. The second-order valence-corrected chi connectivity index (χ2v) is 3.65. The lowest BCUT2D eigenvalue weighted by molar-refractivity contribution is 0.103. The molecule has 0 aliphatic carbocycles. The predicted molar refractivity (Wildman–Crippen MR) is 58.5 cm³/mol. The standard InChI is InChI=1S/C10H6Cl2N2O/c11-8-2-1-7(10(12)14-8)9(15)6-3-4-13-5-6/h1-5,13H. The quantitative estimate of drug-likeness (QED) is 0.648. The van der Waals surface area contributed by atoms with Gasteiger partial charge in [0.25, 0.3) is 0 Å². The lowest BCUT2D eigenvalue weighted by atomic mass is 10.1. The largest absolute Gasteiger partial charge is 0.367 e. The van der Waals surface area contributed by atoms with Crippen LogP contribution in [0.1, 0.15) is 15.9 Å². The number of hydrogen-bond acceptors (Lipinski definition) is 2. The Hall–Kier alpha value is -1.32. The van der Waals surface area contributed by atoms with E-state index in [2.05, 4.69) is 9.97 Å². The van der Waals surface area contributed by atoms with Crippen LogP contribution in [-0.4, -0.2) is 15.8 Å². The summed E-state index contributed by atoms with van der Waals surface area (Å²) in [6, 6.07) is 4.77. The molecule has 3 nitrogen and oxygen atoms in total. The van der Waals surface area contributed by atoms with Gasteiger partial charge in [0.15, 0.2) is 5.78 Å². The number of nitrogens with zero attached hydrogens (tertiary/aromatic N) is 1. The maximum absolute atomic E-state index is 11.9. The summed E-state index contributed by atoms with van der Waals surface area (Å²) in [4.78, 5) is 18.5. The summed E-state index contributed by atoms with van der Waals surface area (Å²) >= 11 is 11.4. The van der Waals surface area contributed by atoms with Crippen molar-refractivity contribution < 1.29 is 4.79 Å². The fourth-order valence-electron chi connectivity index (χ4n) is 1.20. The van der Waals surface area contributed by atoms with Gasteiger partial charge in [0.05, 0.1) is 5.56 Å². The Morgan fingerprint density at radius 1 is 1.27 bits per heavy atom. The molecule has 0 unspecified atom stereocenters. The lowest BCUT2D eigenvalue weighted by Gasteiger charge is -2.00. The molecular weight excluding hydrogens is 235 g/mol. The van der Waals surface area contributed by atoms with Gasteiger partial charge in [-0.25, -0.2) is 4.98 Å².